The third-order valence-corrected chi connectivity index (χ3v) is 2.24. The summed E-state index contributed by atoms with van der Waals surface area (Å²) in [6.45, 7) is 4.17. The van der Waals surface area contributed by atoms with Gasteiger partial charge in [0, 0.05) is 20.3 Å². The Morgan fingerprint density at radius 1 is 1.06 bits per heavy atom. The summed E-state index contributed by atoms with van der Waals surface area (Å²) in [5, 5.41) is 3.28. The Morgan fingerprint density at radius 3 is 2.62 bits per heavy atom. The van der Waals surface area contributed by atoms with Crippen molar-refractivity contribution in [2.45, 2.75) is 13.0 Å². The Hall–Kier alpha value is -0.900. The highest BCUT2D eigenvalue weighted by atomic mass is 16.5. The van der Waals surface area contributed by atoms with Crippen LogP contribution in [0.25, 0.3) is 0 Å². The largest absolute Gasteiger partial charge is 0.383 e. The summed E-state index contributed by atoms with van der Waals surface area (Å²) < 4.78 is 10.5. The highest BCUT2D eigenvalue weighted by molar-refractivity contribution is 5.13. The first-order valence-electron chi connectivity index (χ1n) is 5.75. The number of benzene rings is 1. The zero-order valence-electron chi connectivity index (χ0n) is 9.95. The van der Waals surface area contributed by atoms with Crippen molar-refractivity contribution >= 4 is 0 Å². The lowest BCUT2D eigenvalue weighted by atomic mass is 10.2. The van der Waals surface area contributed by atoms with Gasteiger partial charge in [0.2, 0.25) is 0 Å². The van der Waals surface area contributed by atoms with Crippen LogP contribution in [0.15, 0.2) is 30.3 Å². The molecule has 0 saturated heterocycles. The van der Waals surface area contributed by atoms with Crippen molar-refractivity contribution < 1.29 is 9.47 Å². The first-order valence-corrected chi connectivity index (χ1v) is 5.75. The molecule has 0 unspecified atom stereocenters. The van der Waals surface area contributed by atoms with Gasteiger partial charge in [-0.05, 0) is 18.5 Å². The first-order chi connectivity index (χ1) is 7.93. The molecule has 0 aliphatic rings. The van der Waals surface area contributed by atoms with Crippen molar-refractivity contribution in [2.24, 2.45) is 0 Å². The molecule has 0 spiro atoms. The Balaban J connectivity index is 1.89. The van der Waals surface area contributed by atoms with Crippen LogP contribution < -0.4 is 5.32 Å². The number of rotatable bonds is 9. The fourth-order valence-electron chi connectivity index (χ4n) is 1.36. The van der Waals surface area contributed by atoms with E-state index in [1.54, 1.807) is 7.11 Å². The highest BCUT2D eigenvalue weighted by Crippen LogP contribution is 2.00. The number of nitrogens with one attached hydrogen (secondary N) is 1. The Bertz CT molecular complexity index is 251. The summed E-state index contributed by atoms with van der Waals surface area (Å²) >= 11 is 0. The molecular weight excluding hydrogens is 202 g/mol. The second-order valence-corrected chi connectivity index (χ2v) is 3.63. The van der Waals surface area contributed by atoms with E-state index in [1.807, 2.05) is 18.2 Å². The molecule has 0 bridgehead atoms. The smallest absolute Gasteiger partial charge is 0.0716 e. The summed E-state index contributed by atoms with van der Waals surface area (Å²) in [5.41, 5.74) is 1.23. The van der Waals surface area contributed by atoms with E-state index in [-0.39, 0.29) is 0 Å². The molecule has 0 amide bonds. The predicted molar refractivity (Wildman–Crippen MR) is 65.5 cm³/mol. The van der Waals surface area contributed by atoms with Crippen LogP contribution in [0, 0.1) is 0 Å². The van der Waals surface area contributed by atoms with E-state index in [9.17, 15) is 0 Å². The second kappa shape index (κ2) is 9.33. The first kappa shape index (κ1) is 13.2. The molecule has 3 heteroatoms. The Labute approximate surface area is 97.8 Å². The fourth-order valence-corrected chi connectivity index (χ4v) is 1.36. The van der Waals surface area contributed by atoms with Crippen molar-refractivity contribution in [3.05, 3.63) is 35.9 Å². The SMILES string of the molecule is COCCNCCCOCc1ccccc1. The third kappa shape index (κ3) is 6.56. The van der Waals surface area contributed by atoms with Gasteiger partial charge in [-0.25, -0.2) is 0 Å². The quantitative estimate of drug-likeness (QED) is 0.648. The van der Waals surface area contributed by atoms with Gasteiger partial charge in [-0.1, -0.05) is 30.3 Å². The number of ether oxygens (including phenoxy) is 2. The van der Waals surface area contributed by atoms with E-state index in [2.05, 4.69) is 17.4 Å². The van der Waals surface area contributed by atoms with E-state index in [1.165, 1.54) is 5.56 Å². The minimum Gasteiger partial charge on any atom is -0.383 e. The Morgan fingerprint density at radius 2 is 1.88 bits per heavy atom. The van der Waals surface area contributed by atoms with Gasteiger partial charge in [-0.2, -0.15) is 0 Å². The summed E-state index contributed by atoms with van der Waals surface area (Å²) in [5.74, 6) is 0. The van der Waals surface area contributed by atoms with Gasteiger partial charge < -0.3 is 14.8 Å². The molecule has 1 rings (SSSR count). The molecule has 1 aromatic carbocycles. The monoisotopic (exact) mass is 223 g/mol. The maximum atomic E-state index is 5.55. The van der Waals surface area contributed by atoms with Gasteiger partial charge in [0.05, 0.1) is 13.2 Å². The summed E-state index contributed by atoms with van der Waals surface area (Å²) in [6.07, 6.45) is 1.04. The maximum Gasteiger partial charge on any atom is 0.0716 e. The van der Waals surface area contributed by atoms with Crippen molar-refractivity contribution in [3.63, 3.8) is 0 Å². The van der Waals surface area contributed by atoms with Gasteiger partial charge >= 0.3 is 0 Å². The van der Waals surface area contributed by atoms with Crippen molar-refractivity contribution in [1.29, 1.82) is 0 Å². The van der Waals surface area contributed by atoms with E-state index < -0.39 is 0 Å². The van der Waals surface area contributed by atoms with Crippen LogP contribution >= 0.6 is 0 Å². The van der Waals surface area contributed by atoms with Crippen molar-refractivity contribution in [1.82, 2.24) is 5.32 Å². The lowest BCUT2D eigenvalue weighted by Gasteiger charge is -2.05. The van der Waals surface area contributed by atoms with Gasteiger partial charge in [0.1, 0.15) is 0 Å². The molecule has 1 N–H and O–H groups in total. The molecule has 90 valence electrons. The summed E-state index contributed by atoms with van der Waals surface area (Å²) in [7, 11) is 1.71. The van der Waals surface area contributed by atoms with E-state index >= 15 is 0 Å². The van der Waals surface area contributed by atoms with E-state index in [0.717, 1.165) is 32.7 Å². The minimum atomic E-state index is 0.707. The van der Waals surface area contributed by atoms with Crippen LogP contribution in [0.3, 0.4) is 0 Å². The topological polar surface area (TPSA) is 30.5 Å². The van der Waals surface area contributed by atoms with Crippen LogP contribution in [0.1, 0.15) is 12.0 Å². The molecule has 0 atom stereocenters. The lowest BCUT2D eigenvalue weighted by Crippen LogP contribution is -2.21. The molecule has 0 aliphatic carbocycles. The summed E-state index contributed by atoms with van der Waals surface area (Å²) in [6, 6.07) is 10.2. The standard InChI is InChI=1S/C13H21NO2/c1-15-11-9-14-8-5-10-16-12-13-6-3-2-4-7-13/h2-4,6-7,14H,5,8-12H2,1H3. The number of methoxy groups -OCH3 is 1. The molecule has 1 aromatic rings. The average molecular weight is 223 g/mol. The van der Waals surface area contributed by atoms with E-state index in [4.69, 9.17) is 9.47 Å². The van der Waals surface area contributed by atoms with Gasteiger partial charge in [0.15, 0.2) is 0 Å². The molecule has 0 radical (unpaired) electrons. The van der Waals surface area contributed by atoms with Crippen molar-refractivity contribution in [2.75, 3.05) is 33.4 Å². The van der Waals surface area contributed by atoms with Crippen molar-refractivity contribution in [3.8, 4) is 0 Å². The van der Waals surface area contributed by atoms with Crippen LogP contribution in [-0.2, 0) is 16.1 Å². The molecule has 0 saturated carbocycles. The molecule has 3 nitrogen and oxygen atoms in total. The number of hydrogen-bond acceptors (Lipinski definition) is 3. The third-order valence-electron chi connectivity index (χ3n) is 2.24. The molecule has 16 heavy (non-hydrogen) atoms. The number of hydrogen-bond donors (Lipinski definition) is 1. The van der Waals surface area contributed by atoms with Crippen LogP contribution in [0.2, 0.25) is 0 Å². The predicted octanol–water partition coefficient (Wildman–Crippen LogP) is 1.83. The second-order valence-electron chi connectivity index (χ2n) is 3.63. The summed E-state index contributed by atoms with van der Waals surface area (Å²) in [4.78, 5) is 0. The molecule has 0 aromatic heterocycles. The fraction of sp³-hybridized carbons (Fsp3) is 0.538. The molecule has 0 fully saturated rings. The molecular formula is C13H21NO2. The highest BCUT2D eigenvalue weighted by Gasteiger charge is 1.92. The van der Waals surface area contributed by atoms with Gasteiger partial charge in [-0.15, -0.1) is 0 Å². The van der Waals surface area contributed by atoms with Crippen LogP contribution in [-0.4, -0.2) is 33.4 Å². The molecule has 0 heterocycles. The zero-order valence-corrected chi connectivity index (χ0v) is 9.95. The average Bonchev–Trinajstić information content (AvgIpc) is 2.34. The maximum absolute atomic E-state index is 5.55. The molecule has 0 aliphatic heterocycles. The van der Waals surface area contributed by atoms with Crippen LogP contribution in [0.5, 0.6) is 0 Å². The lowest BCUT2D eigenvalue weighted by molar-refractivity contribution is 0.117. The van der Waals surface area contributed by atoms with E-state index in [0.29, 0.717) is 6.61 Å². The zero-order chi connectivity index (χ0) is 11.5. The van der Waals surface area contributed by atoms with Gasteiger partial charge in [-0.3, -0.25) is 0 Å². The Kier molecular flexibility index (Phi) is 7.68. The van der Waals surface area contributed by atoms with Gasteiger partial charge in [0.25, 0.3) is 0 Å². The normalized spacial score (nSPS) is 10.6. The minimum absolute atomic E-state index is 0.707. The van der Waals surface area contributed by atoms with Crippen LogP contribution in [0.4, 0.5) is 0 Å².